The second-order valence-electron chi connectivity index (χ2n) is 6.17. The number of nitrogens with zero attached hydrogens (tertiary/aromatic N) is 1. The Hall–Kier alpha value is -1.14. The summed E-state index contributed by atoms with van der Waals surface area (Å²) in [7, 11) is 0. The minimum absolute atomic E-state index is 0.174. The van der Waals surface area contributed by atoms with Gasteiger partial charge in [-0.25, -0.2) is 9.78 Å². The zero-order chi connectivity index (χ0) is 15.9. The largest absolute Gasteiger partial charge is 0.444 e. The summed E-state index contributed by atoms with van der Waals surface area (Å²) in [5, 5.41) is 8.39. The number of carbonyl (C=O) groups is 1. The van der Waals surface area contributed by atoms with Crippen molar-refractivity contribution in [2.24, 2.45) is 0 Å². The topological polar surface area (TPSA) is 63.2 Å². The molecular weight excluding hydrogens is 286 g/mol. The molecular formula is C15H27N3O2S. The van der Waals surface area contributed by atoms with Gasteiger partial charge in [0.05, 0.1) is 11.2 Å². The molecule has 0 aliphatic carbocycles. The van der Waals surface area contributed by atoms with E-state index in [0.29, 0.717) is 6.54 Å². The molecule has 0 aromatic carbocycles. The van der Waals surface area contributed by atoms with Gasteiger partial charge in [-0.15, -0.1) is 11.3 Å². The van der Waals surface area contributed by atoms with Gasteiger partial charge in [-0.3, -0.25) is 0 Å². The maximum atomic E-state index is 11.7. The van der Waals surface area contributed by atoms with Crippen LogP contribution in [0.5, 0.6) is 0 Å². The van der Waals surface area contributed by atoms with Crippen LogP contribution in [0, 0.1) is 0 Å². The Balaban J connectivity index is 2.44. The first-order valence-electron chi connectivity index (χ1n) is 7.42. The Morgan fingerprint density at radius 3 is 2.71 bits per heavy atom. The lowest BCUT2D eigenvalue weighted by Gasteiger charge is -2.24. The quantitative estimate of drug-likeness (QED) is 0.809. The molecule has 5 nitrogen and oxygen atoms in total. The van der Waals surface area contributed by atoms with Gasteiger partial charge in [0.2, 0.25) is 0 Å². The van der Waals surface area contributed by atoms with Gasteiger partial charge in [-0.2, -0.15) is 0 Å². The molecule has 6 heteroatoms. The third-order valence-electron chi connectivity index (χ3n) is 2.91. The van der Waals surface area contributed by atoms with Gasteiger partial charge in [0.1, 0.15) is 5.60 Å². The number of hydrogen-bond acceptors (Lipinski definition) is 5. The summed E-state index contributed by atoms with van der Waals surface area (Å²) >= 11 is 1.59. The molecule has 0 spiro atoms. The summed E-state index contributed by atoms with van der Waals surface area (Å²) in [6.45, 7) is 10.4. The van der Waals surface area contributed by atoms with Crippen LogP contribution in [0.15, 0.2) is 10.9 Å². The third kappa shape index (κ3) is 7.43. The number of hydrogen-bond donors (Lipinski definition) is 2. The lowest BCUT2D eigenvalue weighted by atomic mass is 10.1. The molecule has 2 atom stereocenters. The number of carbonyl (C=O) groups excluding carboxylic acids is 1. The average Bonchev–Trinajstić information content (AvgIpc) is 2.88. The van der Waals surface area contributed by atoms with E-state index in [-0.39, 0.29) is 18.2 Å². The van der Waals surface area contributed by atoms with Crippen molar-refractivity contribution in [2.75, 3.05) is 6.54 Å². The van der Waals surface area contributed by atoms with Crippen LogP contribution >= 0.6 is 11.3 Å². The van der Waals surface area contributed by atoms with E-state index in [0.717, 1.165) is 18.5 Å². The first-order valence-corrected chi connectivity index (χ1v) is 8.37. The summed E-state index contributed by atoms with van der Waals surface area (Å²) in [4.78, 5) is 16.0. The van der Waals surface area contributed by atoms with E-state index >= 15 is 0 Å². The Morgan fingerprint density at radius 2 is 2.19 bits per heavy atom. The highest BCUT2D eigenvalue weighted by atomic mass is 32.1. The van der Waals surface area contributed by atoms with Crippen molar-refractivity contribution in [3.8, 4) is 0 Å². The smallest absolute Gasteiger partial charge is 0.407 e. The Kier molecular flexibility index (Phi) is 7.11. The SMILES string of the molecule is CCCC(CNC(=O)OC(C)(C)C)NC(C)c1cscn1. The van der Waals surface area contributed by atoms with Crippen molar-refractivity contribution in [1.82, 2.24) is 15.6 Å². The van der Waals surface area contributed by atoms with E-state index in [1.807, 2.05) is 31.7 Å². The summed E-state index contributed by atoms with van der Waals surface area (Å²) < 4.78 is 5.25. The van der Waals surface area contributed by atoms with Crippen LogP contribution in [0.1, 0.15) is 59.2 Å². The predicted octanol–water partition coefficient (Wildman–Crippen LogP) is 3.49. The van der Waals surface area contributed by atoms with Crippen LogP contribution < -0.4 is 10.6 Å². The van der Waals surface area contributed by atoms with Crippen LogP contribution in [-0.2, 0) is 4.74 Å². The van der Waals surface area contributed by atoms with E-state index in [2.05, 4.69) is 29.5 Å². The average molecular weight is 313 g/mol. The molecule has 0 aliphatic heterocycles. The summed E-state index contributed by atoms with van der Waals surface area (Å²) in [5.41, 5.74) is 2.41. The second kappa shape index (κ2) is 8.34. The molecule has 0 fully saturated rings. The van der Waals surface area contributed by atoms with Gasteiger partial charge < -0.3 is 15.4 Å². The fraction of sp³-hybridized carbons (Fsp3) is 0.733. The molecule has 0 saturated heterocycles. The van der Waals surface area contributed by atoms with E-state index < -0.39 is 5.60 Å². The van der Waals surface area contributed by atoms with Crippen molar-refractivity contribution in [3.05, 3.63) is 16.6 Å². The third-order valence-corrected chi connectivity index (χ3v) is 3.51. The Morgan fingerprint density at radius 1 is 1.48 bits per heavy atom. The molecule has 120 valence electrons. The van der Waals surface area contributed by atoms with E-state index in [1.54, 1.807) is 11.3 Å². The first-order chi connectivity index (χ1) is 9.81. The van der Waals surface area contributed by atoms with Gasteiger partial charge in [-0.05, 0) is 34.1 Å². The van der Waals surface area contributed by atoms with Crippen molar-refractivity contribution >= 4 is 17.4 Å². The highest BCUT2D eigenvalue weighted by molar-refractivity contribution is 7.07. The van der Waals surface area contributed by atoms with Crippen molar-refractivity contribution in [3.63, 3.8) is 0 Å². The molecule has 2 unspecified atom stereocenters. The van der Waals surface area contributed by atoms with Crippen LogP contribution in [0.25, 0.3) is 0 Å². The monoisotopic (exact) mass is 313 g/mol. The Labute approximate surface area is 131 Å². The van der Waals surface area contributed by atoms with Gasteiger partial charge >= 0.3 is 6.09 Å². The summed E-state index contributed by atoms with van der Waals surface area (Å²) in [6.07, 6.45) is 1.67. The maximum absolute atomic E-state index is 11.7. The Bertz CT molecular complexity index is 415. The standard InChI is InChI=1S/C15H27N3O2S/c1-6-7-12(8-16-14(19)20-15(3,4)5)18-11(2)13-9-21-10-17-13/h9-12,18H,6-8H2,1-5H3,(H,16,19). The van der Waals surface area contributed by atoms with Gasteiger partial charge in [0.25, 0.3) is 0 Å². The molecule has 2 N–H and O–H groups in total. The number of alkyl carbamates (subject to hydrolysis) is 1. The van der Waals surface area contributed by atoms with Crippen LogP contribution in [0.4, 0.5) is 4.79 Å². The minimum atomic E-state index is -0.467. The van der Waals surface area contributed by atoms with E-state index in [4.69, 9.17) is 4.74 Å². The molecule has 0 aliphatic rings. The molecule has 21 heavy (non-hydrogen) atoms. The highest BCUT2D eigenvalue weighted by Crippen LogP contribution is 2.14. The minimum Gasteiger partial charge on any atom is -0.444 e. The number of nitrogens with one attached hydrogen (secondary N) is 2. The van der Waals surface area contributed by atoms with Crippen LogP contribution in [-0.4, -0.2) is 29.3 Å². The lowest BCUT2D eigenvalue weighted by molar-refractivity contribution is 0.0521. The summed E-state index contributed by atoms with van der Waals surface area (Å²) in [6, 6.07) is 0.382. The molecule has 1 rings (SSSR count). The molecule has 0 saturated carbocycles. The zero-order valence-corrected chi connectivity index (χ0v) is 14.4. The van der Waals surface area contributed by atoms with Gasteiger partial charge in [-0.1, -0.05) is 13.3 Å². The number of rotatable bonds is 7. The lowest BCUT2D eigenvalue weighted by Crippen LogP contribution is -2.43. The van der Waals surface area contributed by atoms with Gasteiger partial charge in [0, 0.05) is 24.0 Å². The van der Waals surface area contributed by atoms with Crippen LogP contribution in [0.2, 0.25) is 0 Å². The summed E-state index contributed by atoms with van der Waals surface area (Å²) in [5.74, 6) is 0. The molecule has 0 radical (unpaired) electrons. The molecule has 1 amide bonds. The number of thiazole rings is 1. The first kappa shape index (κ1) is 17.9. The maximum Gasteiger partial charge on any atom is 0.407 e. The number of aromatic nitrogens is 1. The van der Waals surface area contributed by atoms with E-state index in [1.165, 1.54) is 0 Å². The van der Waals surface area contributed by atoms with Gasteiger partial charge in [0.15, 0.2) is 0 Å². The predicted molar refractivity (Wildman–Crippen MR) is 86.6 cm³/mol. The van der Waals surface area contributed by atoms with Crippen molar-refractivity contribution in [2.45, 2.75) is 65.1 Å². The molecule has 1 heterocycles. The fourth-order valence-electron chi connectivity index (χ4n) is 1.99. The molecule has 1 aromatic rings. The fourth-order valence-corrected chi connectivity index (χ4v) is 2.64. The second-order valence-corrected chi connectivity index (χ2v) is 6.89. The van der Waals surface area contributed by atoms with Crippen molar-refractivity contribution < 1.29 is 9.53 Å². The van der Waals surface area contributed by atoms with E-state index in [9.17, 15) is 4.79 Å². The number of amides is 1. The number of ether oxygens (including phenoxy) is 1. The normalized spacial score (nSPS) is 14.5. The highest BCUT2D eigenvalue weighted by Gasteiger charge is 2.18. The van der Waals surface area contributed by atoms with Crippen molar-refractivity contribution in [1.29, 1.82) is 0 Å². The molecule has 1 aromatic heterocycles. The zero-order valence-electron chi connectivity index (χ0n) is 13.6. The van der Waals surface area contributed by atoms with Crippen LogP contribution in [0.3, 0.4) is 0 Å². The molecule has 0 bridgehead atoms.